The molecule has 3 rings (SSSR count). The summed E-state index contributed by atoms with van der Waals surface area (Å²) in [6.07, 6.45) is 0. The number of aromatic nitrogens is 3. The molecule has 0 unspecified atom stereocenters. The Balaban J connectivity index is 1.89. The lowest BCUT2D eigenvalue weighted by Gasteiger charge is -2.06. The molecule has 2 aromatic carbocycles. The Morgan fingerprint density at radius 1 is 0.950 bits per heavy atom. The maximum atomic E-state index is 6.04. The highest BCUT2D eigenvalue weighted by Gasteiger charge is 2.11. The van der Waals surface area contributed by atoms with Crippen LogP contribution in [0.15, 0.2) is 54.6 Å². The number of hydrogen-bond acceptors (Lipinski definition) is 4. The van der Waals surface area contributed by atoms with Crippen LogP contribution in [0.4, 0.5) is 11.6 Å². The summed E-state index contributed by atoms with van der Waals surface area (Å²) >= 11 is 0. The van der Waals surface area contributed by atoms with Gasteiger partial charge in [0.05, 0.1) is 0 Å². The minimum Gasteiger partial charge on any atom is -0.334 e. The second-order valence-electron chi connectivity index (χ2n) is 4.57. The lowest BCUT2D eigenvalue weighted by Crippen LogP contribution is -2.13. The van der Waals surface area contributed by atoms with E-state index in [-0.39, 0.29) is 0 Å². The second kappa shape index (κ2) is 5.05. The molecule has 5 nitrogen and oxygen atoms in total. The number of benzene rings is 2. The first-order chi connectivity index (χ1) is 9.74. The first-order valence-electron chi connectivity index (χ1n) is 6.33. The summed E-state index contributed by atoms with van der Waals surface area (Å²) < 4.78 is 1.45. The summed E-state index contributed by atoms with van der Waals surface area (Å²) in [4.78, 5) is 0. The zero-order valence-corrected chi connectivity index (χ0v) is 11.1. The van der Waals surface area contributed by atoms with Crippen LogP contribution in [0, 0.1) is 6.92 Å². The van der Waals surface area contributed by atoms with Crippen molar-refractivity contribution in [3.8, 4) is 11.4 Å². The van der Waals surface area contributed by atoms with E-state index in [1.165, 1.54) is 10.2 Å². The van der Waals surface area contributed by atoms with Gasteiger partial charge in [-0.25, -0.2) is 4.68 Å². The maximum absolute atomic E-state index is 6.04. The minimum absolute atomic E-state index is 0.507. The van der Waals surface area contributed by atoms with E-state index in [2.05, 4.69) is 15.5 Å². The molecule has 0 spiro atoms. The van der Waals surface area contributed by atoms with Crippen molar-refractivity contribution < 1.29 is 0 Å². The van der Waals surface area contributed by atoms with Gasteiger partial charge in [0, 0.05) is 11.3 Å². The Bertz CT molecular complexity index is 701. The number of nitrogens with zero attached hydrogens (tertiary/aromatic N) is 3. The molecule has 3 aromatic rings. The summed E-state index contributed by atoms with van der Waals surface area (Å²) in [5, 5.41) is 11.4. The standard InChI is InChI=1S/C15H15N5/c1-11-7-9-13(10-8-11)17-15-19-18-14(20(15)16)12-5-3-2-4-6-12/h2-10H,16H2,1H3,(H,17,19). The second-order valence-corrected chi connectivity index (χ2v) is 4.57. The van der Waals surface area contributed by atoms with Gasteiger partial charge in [-0.2, -0.15) is 0 Å². The maximum Gasteiger partial charge on any atom is 0.248 e. The summed E-state index contributed by atoms with van der Waals surface area (Å²) in [6.45, 7) is 2.04. The van der Waals surface area contributed by atoms with Crippen LogP contribution in [0.1, 0.15) is 5.56 Å². The lowest BCUT2D eigenvalue weighted by atomic mass is 10.2. The van der Waals surface area contributed by atoms with Crippen LogP contribution in [0.5, 0.6) is 0 Å². The topological polar surface area (TPSA) is 68.8 Å². The molecular weight excluding hydrogens is 250 g/mol. The van der Waals surface area contributed by atoms with E-state index >= 15 is 0 Å². The molecule has 1 aromatic heterocycles. The molecule has 0 saturated carbocycles. The van der Waals surface area contributed by atoms with Crippen molar-refractivity contribution in [2.24, 2.45) is 0 Å². The first kappa shape index (κ1) is 12.2. The predicted octanol–water partition coefficient (Wildman–Crippen LogP) is 2.71. The highest BCUT2D eigenvalue weighted by Crippen LogP contribution is 2.20. The SMILES string of the molecule is Cc1ccc(Nc2nnc(-c3ccccc3)n2N)cc1. The third-order valence-corrected chi connectivity index (χ3v) is 3.04. The van der Waals surface area contributed by atoms with Gasteiger partial charge in [-0.1, -0.05) is 48.0 Å². The zero-order valence-electron chi connectivity index (χ0n) is 11.1. The highest BCUT2D eigenvalue weighted by atomic mass is 15.5. The van der Waals surface area contributed by atoms with Gasteiger partial charge >= 0.3 is 0 Å². The van der Waals surface area contributed by atoms with Crippen molar-refractivity contribution in [1.82, 2.24) is 14.9 Å². The largest absolute Gasteiger partial charge is 0.334 e. The van der Waals surface area contributed by atoms with Gasteiger partial charge in [0.1, 0.15) is 0 Å². The number of anilines is 2. The van der Waals surface area contributed by atoms with Crippen molar-refractivity contribution in [3.63, 3.8) is 0 Å². The summed E-state index contributed by atoms with van der Waals surface area (Å²) in [5.74, 6) is 7.17. The molecular formula is C15H15N5. The van der Waals surface area contributed by atoms with Gasteiger partial charge in [0.15, 0.2) is 5.82 Å². The van der Waals surface area contributed by atoms with Crippen molar-refractivity contribution in [2.45, 2.75) is 6.92 Å². The number of rotatable bonds is 3. The molecule has 20 heavy (non-hydrogen) atoms. The third-order valence-electron chi connectivity index (χ3n) is 3.04. The fourth-order valence-corrected chi connectivity index (χ4v) is 1.93. The van der Waals surface area contributed by atoms with Crippen molar-refractivity contribution >= 4 is 11.6 Å². The van der Waals surface area contributed by atoms with E-state index < -0.39 is 0 Å². The van der Waals surface area contributed by atoms with Gasteiger partial charge in [-0.05, 0) is 19.1 Å². The molecule has 0 aliphatic rings. The predicted molar refractivity (Wildman–Crippen MR) is 80.1 cm³/mol. The smallest absolute Gasteiger partial charge is 0.248 e. The Morgan fingerprint density at radius 2 is 1.65 bits per heavy atom. The average Bonchev–Trinajstić information content (AvgIpc) is 2.84. The summed E-state index contributed by atoms with van der Waals surface area (Å²) in [7, 11) is 0. The Morgan fingerprint density at radius 3 is 2.35 bits per heavy atom. The Kier molecular flexibility index (Phi) is 3.09. The fourth-order valence-electron chi connectivity index (χ4n) is 1.93. The molecule has 0 saturated heterocycles. The van der Waals surface area contributed by atoms with Gasteiger partial charge in [-0.15, -0.1) is 10.2 Å². The molecule has 0 atom stereocenters. The van der Waals surface area contributed by atoms with E-state index in [0.717, 1.165) is 11.3 Å². The van der Waals surface area contributed by atoms with E-state index in [1.807, 2.05) is 61.5 Å². The first-order valence-corrected chi connectivity index (χ1v) is 6.33. The van der Waals surface area contributed by atoms with E-state index in [9.17, 15) is 0 Å². The molecule has 0 amide bonds. The number of aryl methyl sites for hydroxylation is 1. The van der Waals surface area contributed by atoms with E-state index in [4.69, 9.17) is 5.84 Å². The summed E-state index contributed by atoms with van der Waals surface area (Å²) in [5.41, 5.74) is 3.06. The highest BCUT2D eigenvalue weighted by molar-refractivity contribution is 5.60. The normalized spacial score (nSPS) is 10.4. The van der Waals surface area contributed by atoms with Crippen LogP contribution in [0.2, 0.25) is 0 Å². The number of nitrogens with one attached hydrogen (secondary N) is 1. The molecule has 0 aliphatic carbocycles. The molecule has 100 valence electrons. The molecule has 5 heteroatoms. The van der Waals surface area contributed by atoms with Gasteiger partial charge < -0.3 is 11.2 Å². The van der Waals surface area contributed by atoms with E-state index in [0.29, 0.717) is 11.8 Å². The van der Waals surface area contributed by atoms with Crippen molar-refractivity contribution in [3.05, 3.63) is 60.2 Å². The van der Waals surface area contributed by atoms with Crippen LogP contribution >= 0.6 is 0 Å². The van der Waals surface area contributed by atoms with Gasteiger partial charge in [-0.3, -0.25) is 0 Å². The number of nitrogen functional groups attached to an aromatic ring is 1. The fraction of sp³-hybridized carbons (Fsp3) is 0.0667. The summed E-state index contributed by atoms with van der Waals surface area (Å²) in [6, 6.07) is 17.7. The lowest BCUT2D eigenvalue weighted by molar-refractivity contribution is 1.01. The quantitative estimate of drug-likeness (QED) is 0.714. The third kappa shape index (κ3) is 2.33. The Labute approximate surface area is 117 Å². The molecule has 0 fully saturated rings. The van der Waals surface area contributed by atoms with Crippen LogP contribution in [-0.4, -0.2) is 14.9 Å². The van der Waals surface area contributed by atoms with Crippen LogP contribution in [0.3, 0.4) is 0 Å². The monoisotopic (exact) mass is 265 g/mol. The van der Waals surface area contributed by atoms with Gasteiger partial charge in [0.2, 0.25) is 5.95 Å². The van der Waals surface area contributed by atoms with E-state index in [1.54, 1.807) is 0 Å². The number of hydrogen-bond donors (Lipinski definition) is 2. The molecule has 0 aliphatic heterocycles. The number of nitrogens with two attached hydrogens (primary N) is 1. The average molecular weight is 265 g/mol. The van der Waals surface area contributed by atoms with Crippen LogP contribution in [-0.2, 0) is 0 Å². The molecule has 3 N–H and O–H groups in total. The van der Waals surface area contributed by atoms with Crippen LogP contribution in [0.25, 0.3) is 11.4 Å². The van der Waals surface area contributed by atoms with Gasteiger partial charge in [0.25, 0.3) is 0 Å². The molecule has 0 bridgehead atoms. The Hall–Kier alpha value is -2.82. The molecule has 0 radical (unpaired) electrons. The van der Waals surface area contributed by atoms with Crippen molar-refractivity contribution in [1.29, 1.82) is 0 Å². The minimum atomic E-state index is 0.507. The molecule has 1 heterocycles. The van der Waals surface area contributed by atoms with Crippen LogP contribution < -0.4 is 11.2 Å². The zero-order chi connectivity index (χ0) is 13.9. The van der Waals surface area contributed by atoms with Crippen molar-refractivity contribution in [2.75, 3.05) is 11.2 Å².